The van der Waals surface area contributed by atoms with E-state index in [-0.39, 0.29) is 12.5 Å². The number of aliphatic hydroxyl groups is 1. The number of nitrogens with zero attached hydrogens (tertiary/aromatic N) is 1. The quantitative estimate of drug-likeness (QED) is 0.465. The lowest BCUT2D eigenvalue weighted by molar-refractivity contribution is -0.130. The first-order valence-corrected chi connectivity index (χ1v) is 5.44. The van der Waals surface area contributed by atoms with Gasteiger partial charge in [-0.25, -0.2) is 0 Å². The molecule has 1 atom stereocenters. The van der Waals surface area contributed by atoms with Gasteiger partial charge in [-0.05, 0) is 0 Å². The molecule has 0 aliphatic heterocycles. The van der Waals surface area contributed by atoms with Crippen LogP contribution in [-0.4, -0.2) is 61.9 Å². The first-order valence-electron chi connectivity index (χ1n) is 3.59. The third-order valence-corrected chi connectivity index (χ3v) is 0.955. The lowest BCUT2D eigenvalue weighted by Crippen LogP contribution is -2.42. The maximum Gasteiger partial charge on any atom is 0.261 e. The molecule has 0 bridgehead atoms. The summed E-state index contributed by atoms with van der Waals surface area (Å²) in [4.78, 5) is 12.1. The Hall–Kier alpha value is -0.700. The number of hydrogen-bond acceptors (Lipinski definition) is 5. The molecular weight excluding hydrogens is 212 g/mol. The number of carbonyl (C=O) groups excluding carboxylic acids is 1. The largest absolute Gasteiger partial charge is 0.394 e. The third kappa shape index (κ3) is 13.9. The van der Waals surface area contributed by atoms with Gasteiger partial charge in [0.25, 0.3) is 10.1 Å². The molecule has 0 aromatic heterocycles. The molecule has 86 valence electrons. The lowest BCUT2D eigenvalue weighted by atomic mass is 10.3. The predicted molar refractivity (Wildman–Crippen MR) is 51.2 cm³/mol. The van der Waals surface area contributed by atoms with Gasteiger partial charge in [-0.2, -0.15) is 8.42 Å². The van der Waals surface area contributed by atoms with Gasteiger partial charge in [-0.1, -0.05) is 0 Å². The highest BCUT2D eigenvalue weighted by Gasteiger charge is 2.12. The lowest BCUT2D eigenvalue weighted by Gasteiger charge is -2.13. The molecule has 0 fully saturated rings. The van der Waals surface area contributed by atoms with Gasteiger partial charge in [0.1, 0.15) is 6.04 Å². The molecular formula is C6H16N2O5S. The molecule has 0 aliphatic carbocycles. The minimum absolute atomic E-state index is 0.252. The van der Waals surface area contributed by atoms with Gasteiger partial charge in [0.2, 0.25) is 5.91 Å². The van der Waals surface area contributed by atoms with E-state index in [2.05, 4.69) is 0 Å². The molecule has 0 spiro atoms. The van der Waals surface area contributed by atoms with Crippen molar-refractivity contribution < 1.29 is 22.9 Å². The fourth-order valence-corrected chi connectivity index (χ4v) is 0.410. The fraction of sp³-hybridized carbons (Fsp3) is 0.833. The molecule has 4 N–H and O–H groups in total. The zero-order valence-corrected chi connectivity index (χ0v) is 9.15. The Morgan fingerprint density at radius 3 is 1.86 bits per heavy atom. The van der Waals surface area contributed by atoms with E-state index in [1.165, 1.54) is 4.90 Å². The molecule has 0 saturated carbocycles. The van der Waals surface area contributed by atoms with E-state index >= 15 is 0 Å². The van der Waals surface area contributed by atoms with Crippen LogP contribution in [0.1, 0.15) is 0 Å². The standard InChI is InChI=1S/C5H12N2O2.CH4O3S/c1-7(2)5(9)4(6)3-8;1-5(2,3)4/h4,8H,3,6H2,1-2H3;1H3,(H,2,3,4). The first kappa shape index (κ1) is 15.8. The Morgan fingerprint density at radius 1 is 1.50 bits per heavy atom. The second-order valence-electron chi connectivity index (χ2n) is 2.75. The Morgan fingerprint density at radius 2 is 1.79 bits per heavy atom. The van der Waals surface area contributed by atoms with Crippen molar-refractivity contribution in [2.24, 2.45) is 5.73 Å². The van der Waals surface area contributed by atoms with Gasteiger partial charge >= 0.3 is 0 Å². The molecule has 0 aromatic carbocycles. The second-order valence-corrected chi connectivity index (χ2v) is 4.22. The fourth-order valence-electron chi connectivity index (χ4n) is 0.410. The summed E-state index contributed by atoms with van der Waals surface area (Å²) in [6.45, 7) is -0.295. The molecule has 0 saturated heterocycles. The number of aliphatic hydroxyl groups excluding tert-OH is 1. The van der Waals surface area contributed by atoms with Crippen LogP contribution in [0, 0.1) is 0 Å². The zero-order chi connectivity index (χ0) is 11.9. The molecule has 0 heterocycles. The van der Waals surface area contributed by atoms with E-state index in [1.54, 1.807) is 14.1 Å². The van der Waals surface area contributed by atoms with Gasteiger partial charge in [0, 0.05) is 14.1 Å². The van der Waals surface area contributed by atoms with E-state index < -0.39 is 16.2 Å². The average molecular weight is 228 g/mol. The van der Waals surface area contributed by atoms with Crippen LogP contribution in [0.2, 0.25) is 0 Å². The van der Waals surface area contributed by atoms with Crippen LogP contribution >= 0.6 is 0 Å². The minimum Gasteiger partial charge on any atom is -0.394 e. The highest BCUT2D eigenvalue weighted by Crippen LogP contribution is 1.82. The Bertz CT molecular complexity index is 253. The first-order chi connectivity index (χ1) is 6.09. The van der Waals surface area contributed by atoms with Crippen LogP contribution in [0.15, 0.2) is 0 Å². The topological polar surface area (TPSA) is 121 Å². The average Bonchev–Trinajstić information content (AvgIpc) is 1.98. The maximum absolute atomic E-state index is 10.7. The van der Waals surface area contributed by atoms with Crippen LogP contribution in [-0.2, 0) is 14.9 Å². The van der Waals surface area contributed by atoms with Crippen molar-refractivity contribution in [2.45, 2.75) is 6.04 Å². The summed E-state index contributed by atoms with van der Waals surface area (Å²) in [5, 5.41) is 8.38. The Balaban J connectivity index is 0. The molecule has 1 amide bonds. The van der Waals surface area contributed by atoms with Crippen molar-refractivity contribution in [2.75, 3.05) is 27.0 Å². The summed E-state index contributed by atoms with van der Waals surface area (Å²) >= 11 is 0. The summed E-state index contributed by atoms with van der Waals surface area (Å²) in [5.74, 6) is -0.252. The molecule has 0 aromatic rings. The van der Waals surface area contributed by atoms with Crippen LogP contribution in [0.25, 0.3) is 0 Å². The van der Waals surface area contributed by atoms with Crippen LogP contribution in [0.4, 0.5) is 0 Å². The van der Waals surface area contributed by atoms with E-state index in [0.29, 0.717) is 6.26 Å². The van der Waals surface area contributed by atoms with Crippen LogP contribution in [0.5, 0.6) is 0 Å². The van der Waals surface area contributed by atoms with Crippen molar-refractivity contribution in [3.05, 3.63) is 0 Å². The number of amides is 1. The normalized spacial score (nSPS) is 12.4. The van der Waals surface area contributed by atoms with Crippen molar-refractivity contribution in [1.29, 1.82) is 0 Å². The molecule has 1 unspecified atom stereocenters. The number of nitrogens with two attached hydrogens (primary N) is 1. The summed E-state index contributed by atoms with van der Waals surface area (Å²) in [6, 6.07) is -0.764. The Labute approximate surface area is 83.3 Å². The summed E-state index contributed by atoms with van der Waals surface area (Å²) in [6.07, 6.45) is 0.715. The SMILES string of the molecule is CN(C)C(=O)C(N)CO.CS(=O)(=O)O. The van der Waals surface area contributed by atoms with E-state index in [0.717, 1.165) is 0 Å². The van der Waals surface area contributed by atoms with E-state index in [4.69, 9.17) is 15.4 Å². The number of rotatable bonds is 2. The summed E-state index contributed by atoms with van der Waals surface area (Å²) < 4.78 is 25.9. The van der Waals surface area contributed by atoms with Gasteiger partial charge < -0.3 is 15.7 Å². The van der Waals surface area contributed by atoms with Crippen molar-refractivity contribution in [3.8, 4) is 0 Å². The zero-order valence-electron chi connectivity index (χ0n) is 8.34. The molecule has 7 nitrogen and oxygen atoms in total. The smallest absolute Gasteiger partial charge is 0.261 e. The number of carbonyl (C=O) groups is 1. The van der Waals surface area contributed by atoms with Gasteiger partial charge in [-0.15, -0.1) is 0 Å². The maximum atomic E-state index is 10.7. The molecule has 8 heteroatoms. The highest BCUT2D eigenvalue weighted by atomic mass is 32.2. The van der Waals surface area contributed by atoms with E-state index in [1.807, 2.05) is 0 Å². The van der Waals surface area contributed by atoms with Gasteiger partial charge in [-0.3, -0.25) is 9.35 Å². The van der Waals surface area contributed by atoms with Crippen molar-refractivity contribution in [1.82, 2.24) is 4.90 Å². The minimum atomic E-state index is -3.67. The molecule has 0 rings (SSSR count). The monoisotopic (exact) mass is 228 g/mol. The van der Waals surface area contributed by atoms with Gasteiger partial charge in [0.05, 0.1) is 12.9 Å². The molecule has 0 aliphatic rings. The second kappa shape index (κ2) is 6.71. The van der Waals surface area contributed by atoms with E-state index in [9.17, 15) is 13.2 Å². The number of likely N-dealkylation sites (N-methyl/N-ethyl adjacent to an activating group) is 1. The molecule has 14 heavy (non-hydrogen) atoms. The number of hydrogen-bond donors (Lipinski definition) is 3. The van der Waals surface area contributed by atoms with Crippen LogP contribution < -0.4 is 5.73 Å². The molecule has 0 radical (unpaired) electrons. The van der Waals surface area contributed by atoms with Crippen molar-refractivity contribution >= 4 is 16.0 Å². The van der Waals surface area contributed by atoms with Crippen molar-refractivity contribution in [3.63, 3.8) is 0 Å². The van der Waals surface area contributed by atoms with Gasteiger partial charge in [0.15, 0.2) is 0 Å². The predicted octanol–water partition coefficient (Wildman–Crippen LogP) is -2.10. The summed E-state index contributed by atoms with van der Waals surface area (Å²) in [5.41, 5.74) is 5.18. The van der Waals surface area contributed by atoms with Crippen LogP contribution in [0.3, 0.4) is 0 Å². The summed E-state index contributed by atoms with van der Waals surface area (Å²) in [7, 11) is -0.476. The Kier molecular flexibility index (Phi) is 7.55. The third-order valence-electron chi connectivity index (χ3n) is 0.955. The highest BCUT2D eigenvalue weighted by molar-refractivity contribution is 7.85.